The van der Waals surface area contributed by atoms with Crippen LogP contribution in [-0.2, 0) is 10.2 Å². The van der Waals surface area contributed by atoms with Crippen LogP contribution in [0.15, 0.2) is 42.5 Å². The maximum absolute atomic E-state index is 12.1. The van der Waals surface area contributed by atoms with Crippen LogP contribution in [-0.4, -0.2) is 17.6 Å². The predicted octanol–water partition coefficient (Wildman–Crippen LogP) is 4.02. The van der Waals surface area contributed by atoms with Crippen LogP contribution in [0.1, 0.15) is 31.9 Å². The Balaban J connectivity index is 2.03. The second kappa shape index (κ2) is 6.73. The van der Waals surface area contributed by atoms with Crippen molar-refractivity contribution >= 4 is 11.6 Å². The Morgan fingerprint density at radius 1 is 1.17 bits per heavy atom. The molecule has 122 valence electrons. The number of hydrogen-bond donors (Lipinski definition) is 2. The molecular weight excluding hydrogens is 290 g/mol. The first-order valence-electron chi connectivity index (χ1n) is 7.59. The molecule has 23 heavy (non-hydrogen) atoms. The number of benzene rings is 2. The van der Waals surface area contributed by atoms with E-state index in [9.17, 15) is 9.90 Å². The number of phenolic OH excluding ortho intramolecular Hbond substituents is 1. The Morgan fingerprint density at radius 2 is 1.87 bits per heavy atom. The van der Waals surface area contributed by atoms with Crippen LogP contribution in [0.4, 0.5) is 5.69 Å². The van der Waals surface area contributed by atoms with Crippen molar-refractivity contribution in [3.8, 4) is 11.5 Å². The van der Waals surface area contributed by atoms with Crippen molar-refractivity contribution in [1.82, 2.24) is 0 Å². The average Bonchev–Trinajstić information content (AvgIpc) is 2.47. The summed E-state index contributed by atoms with van der Waals surface area (Å²) in [4.78, 5) is 12.1. The molecule has 0 unspecified atom stereocenters. The van der Waals surface area contributed by atoms with Gasteiger partial charge in [-0.1, -0.05) is 39.0 Å². The highest BCUT2D eigenvalue weighted by molar-refractivity contribution is 5.92. The Kier molecular flexibility index (Phi) is 4.94. The van der Waals surface area contributed by atoms with Crippen molar-refractivity contribution in [3.63, 3.8) is 0 Å². The lowest BCUT2D eigenvalue weighted by Crippen LogP contribution is -2.22. The van der Waals surface area contributed by atoms with Crippen molar-refractivity contribution in [2.24, 2.45) is 0 Å². The largest absolute Gasteiger partial charge is 0.508 e. The molecular formula is C19H23NO3. The highest BCUT2D eigenvalue weighted by Gasteiger charge is 2.19. The van der Waals surface area contributed by atoms with Crippen LogP contribution in [0.25, 0.3) is 0 Å². The topological polar surface area (TPSA) is 58.6 Å². The van der Waals surface area contributed by atoms with Gasteiger partial charge in [-0.15, -0.1) is 0 Å². The number of amides is 1. The maximum atomic E-state index is 12.1. The van der Waals surface area contributed by atoms with E-state index >= 15 is 0 Å². The summed E-state index contributed by atoms with van der Waals surface area (Å²) in [6.45, 7) is 8.08. The van der Waals surface area contributed by atoms with Crippen LogP contribution in [0.2, 0.25) is 0 Å². The number of carbonyl (C=O) groups excluding carboxylic acids is 1. The fraction of sp³-hybridized carbons (Fsp3) is 0.316. The van der Waals surface area contributed by atoms with Gasteiger partial charge in [0, 0.05) is 5.69 Å². The second-order valence-corrected chi connectivity index (χ2v) is 6.58. The molecule has 2 rings (SSSR count). The molecule has 0 atom stereocenters. The summed E-state index contributed by atoms with van der Waals surface area (Å²) in [5.41, 5.74) is 2.48. The zero-order valence-corrected chi connectivity index (χ0v) is 14.0. The summed E-state index contributed by atoms with van der Waals surface area (Å²) in [5.74, 6) is 0.663. The number of nitrogens with one attached hydrogen (secondary N) is 1. The van der Waals surface area contributed by atoms with Crippen molar-refractivity contribution in [2.45, 2.75) is 33.1 Å². The third-order valence-corrected chi connectivity index (χ3v) is 3.54. The zero-order chi connectivity index (χ0) is 17.0. The van der Waals surface area contributed by atoms with Crippen LogP contribution >= 0.6 is 0 Å². The predicted molar refractivity (Wildman–Crippen MR) is 92.1 cm³/mol. The van der Waals surface area contributed by atoms with Crippen LogP contribution in [0, 0.1) is 6.92 Å². The number of aryl methyl sites for hydroxylation is 1. The number of ether oxygens (including phenoxy) is 1. The Hall–Kier alpha value is -2.49. The average molecular weight is 313 g/mol. The summed E-state index contributed by atoms with van der Waals surface area (Å²) in [6, 6.07) is 12.6. The molecule has 4 heteroatoms. The Morgan fingerprint density at radius 3 is 2.52 bits per heavy atom. The first-order valence-corrected chi connectivity index (χ1v) is 7.59. The molecule has 4 nitrogen and oxygen atoms in total. The van der Waals surface area contributed by atoms with E-state index in [0.29, 0.717) is 5.69 Å². The fourth-order valence-corrected chi connectivity index (χ4v) is 2.33. The van der Waals surface area contributed by atoms with Crippen LogP contribution in [0.5, 0.6) is 11.5 Å². The molecule has 0 aliphatic heterocycles. The normalized spacial score (nSPS) is 11.1. The van der Waals surface area contributed by atoms with E-state index in [1.54, 1.807) is 18.2 Å². The molecule has 0 aliphatic rings. The molecule has 0 aliphatic carbocycles. The highest BCUT2D eigenvalue weighted by Crippen LogP contribution is 2.30. The molecule has 0 spiro atoms. The molecule has 1 amide bonds. The minimum atomic E-state index is -0.234. The van der Waals surface area contributed by atoms with Crippen molar-refractivity contribution in [3.05, 3.63) is 53.6 Å². The molecule has 2 aromatic rings. The van der Waals surface area contributed by atoms with Gasteiger partial charge in [0.2, 0.25) is 0 Å². The molecule has 0 saturated carbocycles. The molecule has 0 radical (unpaired) electrons. The number of anilines is 1. The van der Waals surface area contributed by atoms with Gasteiger partial charge in [0.15, 0.2) is 6.61 Å². The second-order valence-electron chi connectivity index (χ2n) is 6.58. The molecule has 2 aromatic carbocycles. The molecule has 0 aromatic heterocycles. The highest BCUT2D eigenvalue weighted by atomic mass is 16.5. The molecule has 0 heterocycles. The third-order valence-electron chi connectivity index (χ3n) is 3.54. The van der Waals surface area contributed by atoms with E-state index in [4.69, 9.17) is 4.74 Å². The molecule has 2 N–H and O–H groups in total. The van der Waals surface area contributed by atoms with Gasteiger partial charge >= 0.3 is 0 Å². The zero-order valence-electron chi connectivity index (χ0n) is 14.0. The monoisotopic (exact) mass is 313 g/mol. The Labute approximate surface area is 137 Å². The molecule has 0 fully saturated rings. The van der Waals surface area contributed by atoms with Crippen molar-refractivity contribution in [2.75, 3.05) is 11.9 Å². The van der Waals surface area contributed by atoms with E-state index < -0.39 is 0 Å². The van der Waals surface area contributed by atoms with Gasteiger partial charge in [0.05, 0.1) is 0 Å². The fourth-order valence-electron chi connectivity index (χ4n) is 2.33. The number of rotatable bonds is 4. The maximum Gasteiger partial charge on any atom is 0.262 e. The van der Waals surface area contributed by atoms with Gasteiger partial charge < -0.3 is 15.2 Å². The van der Waals surface area contributed by atoms with E-state index in [0.717, 1.165) is 16.9 Å². The smallest absolute Gasteiger partial charge is 0.262 e. The van der Waals surface area contributed by atoms with Gasteiger partial charge in [0.25, 0.3) is 5.91 Å². The van der Waals surface area contributed by atoms with E-state index in [1.807, 2.05) is 31.2 Å². The van der Waals surface area contributed by atoms with Crippen LogP contribution < -0.4 is 10.1 Å². The lowest BCUT2D eigenvalue weighted by molar-refractivity contribution is -0.118. The summed E-state index contributed by atoms with van der Waals surface area (Å²) in [5, 5.41) is 12.2. The molecule has 0 bridgehead atoms. The SMILES string of the molecule is Cc1cc(O)ccc1NC(=O)COc1ccccc1C(C)(C)C. The number of phenols is 1. The van der Waals surface area contributed by atoms with Gasteiger partial charge in [0.1, 0.15) is 11.5 Å². The minimum Gasteiger partial charge on any atom is -0.508 e. The summed E-state index contributed by atoms with van der Waals surface area (Å²) >= 11 is 0. The minimum absolute atomic E-state index is 0.0549. The number of hydrogen-bond acceptors (Lipinski definition) is 3. The number of para-hydroxylation sites is 1. The first-order chi connectivity index (χ1) is 10.8. The summed E-state index contributed by atoms with van der Waals surface area (Å²) in [7, 11) is 0. The lowest BCUT2D eigenvalue weighted by atomic mass is 9.86. The van der Waals surface area contributed by atoms with Gasteiger partial charge in [-0.05, 0) is 47.7 Å². The van der Waals surface area contributed by atoms with Crippen molar-refractivity contribution < 1.29 is 14.6 Å². The first kappa shape index (κ1) is 16.9. The van der Waals surface area contributed by atoms with Gasteiger partial charge in [-0.25, -0.2) is 0 Å². The van der Waals surface area contributed by atoms with E-state index in [-0.39, 0.29) is 23.7 Å². The summed E-state index contributed by atoms with van der Waals surface area (Å²) in [6.07, 6.45) is 0. The lowest BCUT2D eigenvalue weighted by Gasteiger charge is -2.22. The number of carbonyl (C=O) groups is 1. The third kappa shape index (κ3) is 4.49. The van der Waals surface area contributed by atoms with E-state index in [1.165, 1.54) is 0 Å². The standard InChI is InChI=1S/C19H23NO3/c1-13-11-14(21)9-10-16(13)20-18(22)12-23-17-8-6-5-7-15(17)19(2,3)4/h5-11,21H,12H2,1-4H3,(H,20,22). The quantitative estimate of drug-likeness (QED) is 0.838. The van der Waals surface area contributed by atoms with Gasteiger partial charge in [-0.2, -0.15) is 0 Å². The van der Waals surface area contributed by atoms with Gasteiger partial charge in [-0.3, -0.25) is 4.79 Å². The van der Waals surface area contributed by atoms with Crippen LogP contribution in [0.3, 0.4) is 0 Å². The summed E-state index contributed by atoms with van der Waals surface area (Å²) < 4.78 is 5.70. The Bertz CT molecular complexity index is 702. The van der Waals surface area contributed by atoms with Crippen molar-refractivity contribution in [1.29, 1.82) is 0 Å². The number of aromatic hydroxyl groups is 1. The molecule has 0 saturated heterocycles. The van der Waals surface area contributed by atoms with E-state index in [2.05, 4.69) is 26.1 Å².